The zero-order valence-electron chi connectivity index (χ0n) is 17.0. The first-order valence-electron chi connectivity index (χ1n) is 9.72. The number of amides is 1. The molecular formula is C23H25ClN2O4. The van der Waals surface area contributed by atoms with Crippen LogP contribution in [0.4, 0.5) is 5.69 Å². The molecule has 0 aliphatic carbocycles. The second-order valence-electron chi connectivity index (χ2n) is 6.68. The smallest absolute Gasteiger partial charge is 0.291 e. The molecule has 0 aliphatic rings. The quantitative estimate of drug-likeness (QED) is 0.432. The largest absolute Gasteiger partial charge is 0.497 e. The van der Waals surface area contributed by atoms with E-state index in [-0.39, 0.29) is 11.7 Å². The summed E-state index contributed by atoms with van der Waals surface area (Å²) in [5.41, 5.74) is 1.41. The molecule has 0 saturated heterocycles. The van der Waals surface area contributed by atoms with E-state index in [4.69, 9.17) is 25.5 Å². The Balaban J connectivity index is 1.67. The van der Waals surface area contributed by atoms with Crippen LogP contribution in [-0.4, -0.2) is 33.2 Å². The van der Waals surface area contributed by atoms with Gasteiger partial charge in [-0.3, -0.25) is 4.79 Å². The van der Waals surface area contributed by atoms with Crippen LogP contribution >= 0.6 is 11.6 Å². The molecule has 0 spiro atoms. The highest BCUT2D eigenvalue weighted by molar-refractivity contribution is 6.30. The first-order chi connectivity index (χ1) is 14.6. The maximum absolute atomic E-state index is 12.6. The van der Waals surface area contributed by atoms with Crippen molar-refractivity contribution < 1.29 is 18.7 Å². The lowest BCUT2D eigenvalue weighted by Gasteiger charge is -2.11. The van der Waals surface area contributed by atoms with Crippen LogP contribution in [0, 0.1) is 0 Å². The van der Waals surface area contributed by atoms with Crippen molar-refractivity contribution in [3.63, 3.8) is 0 Å². The molecule has 2 N–H and O–H groups in total. The maximum atomic E-state index is 12.6. The van der Waals surface area contributed by atoms with E-state index in [0.717, 1.165) is 24.9 Å². The topological polar surface area (TPSA) is 72.7 Å². The molecule has 30 heavy (non-hydrogen) atoms. The van der Waals surface area contributed by atoms with Crippen LogP contribution in [0.1, 0.15) is 23.4 Å². The van der Waals surface area contributed by atoms with Gasteiger partial charge in [0.05, 0.1) is 13.7 Å². The number of benzene rings is 2. The number of unbranched alkanes of at least 4 members (excludes halogenated alkanes) is 1. The van der Waals surface area contributed by atoms with Gasteiger partial charge in [-0.25, -0.2) is 0 Å². The number of hydrogen-bond donors (Lipinski definition) is 2. The molecular weight excluding hydrogens is 404 g/mol. The van der Waals surface area contributed by atoms with E-state index in [1.54, 1.807) is 49.6 Å². The number of hydrogen-bond acceptors (Lipinski definition) is 5. The first-order valence-corrected chi connectivity index (χ1v) is 10.1. The van der Waals surface area contributed by atoms with E-state index in [1.807, 2.05) is 19.2 Å². The third-order valence-electron chi connectivity index (χ3n) is 4.42. The standard InChI is InChI=1S/C23H25ClN2O4/c1-25-11-3-4-12-29-20-14-18(13-19(15-20)28-2)26-23(27)22-10-9-21(30-22)16-5-7-17(24)8-6-16/h5-10,13-15,25H,3-4,11-12H2,1-2H3,(H,26,27). The molecule has 158 valence electrons. The average molecular weight is 429 g/mol. The monoisotopic (exact) mass is 428 g/mol. The van der Waals surface area contributed by atoms with Gasteiger partial charge in [-0.05, 0) is 62.8 Å². The zero-order valence-corrected chi connectivity index (χ0v) is 17.8. The van der Waals surface area contributed by atoms with Crippen molar-refractivity contribution in [3.8, 4) is 22.8 Å². The third kappa shape index (κ3) is 6.02. The number of rotatable bonds is 10. The van der Waals surface area contributed by atoms with E-state index in [2.05, 4.69) is 10.6 Å². The number of carbonyl (C=O) groups is 1. The molecule has 0 atom stereocenters. The third-order valence-corrected chi connectivity index (χ3v) is 4.67. The van der Waals surface area contributed by atoms with E-state index >= 15 is 0 Å². The fraction of sp³-hybridized carbons (Fsp3) is 0.261. The molecule has 3 aromatic rings. The van der Waals surface area contributed by atoms with Crippen LogP contribution in [0.5, 0.6) is 11.5 Å². The first kappa shape index (κ1) is 21.7. The number of halogens is 1. The molecule has 0 saturated carbocycles. The average Bonchev–Trinajstić information content (AvgIpc) is 3.24. The lowest BCUT2D eigenvalue weighted by molar-refractivity contribution is 0.0997. The van der Waals surface area contributed by atoms with Crippen molar-refractivity contribution in [2.24, 2.45) is 0 Å². The normalized spacial score (nSPS) is 10.6. The fourth-order valence-electron chi connectivity index (χ4n) is 2.86. The lowest BCUT2D eigenvalue weighted by Crippen LogP contribution is -2.11. The van der Waals surface area contributed by atoms with E-state index in [9.17, 15) is 4.79 Å². The molecule has 1 aromatic heterocycles. The molecule has 6 nitrogen and oxygen atoms in total. The van der Waals surface area contributed by atoms with Crippen LogP contribution in [0.3, 0.4) is 0 Å². The predicted molar refractivity (Wildman–Crippen MR) is 119 cm³/mol. The number of nitrogens with one attached hydrogen (secondary N) is 2. The summed E-state index contributed by atoms with van der Waals surface area (Å²) in [6.45, 7) is 1.54. The highest BCUT2D eigenvalue weighted by Gasteiger charge is 2.14. The minimum absolute atomic E-state index is 0.206. The molecule has 0 unspecified atom stereocenters. The van der Waals surface area contributed by atoms with Gasteiger partial charge in [0.1, 0.15) is 17.3 Å². The minimum atomic E-state index is -0.358. The van der Waals surface area contributed by atoms with Gasteiger partial charge in [-0.2, -0.15) is 0 Å². The SMILES string of the molecule is CNCCCCOc1cc(NC(=O)c2ccc(-c3ccc(Cl)cc3)o2)cc(OC)c1. The second kappa shape index (κ2) is 10.7. The van der Waals surface area contributed by atoms with E-state index in [0.29, 0.717) is 34.6 Å². The molecule has 0 aliphatic heterocycles. The Hall–Kier alpha value is -2.96. The molecule has 0 bridgehead atoms. The summed E-state index contributed by atoms with van der Waals surface area (Å²) in [5, 5.41) is 6.58. The summed E-state index contributed by atoms with van der Waals surface area (Å²) < 4.78 is 16.8. The van der Waals surface area contributed by atoms with Crippen LogP contribution in [-0.2, 0) is 0 Å². The Morgan fingerprint density at radius 1 is 1.03 bits per heavy atom. The van der Waals surface area contributed by atoms with Crippen LogP contribution in [0.2, 0.25) is 5.02 Å². The summed E-state index contributed by atoms with van der Waals surface area (Å²) in [7, 11) is 3.50. The van der Waals surface area contributed by atoms with Gasteiger partial charge in [0, 0.05) is 34.5 Å². The highest BCUT2D eigenvalue weighted by atomic mass is 35.5. The second-order valence-corrected chi connectivity index (χ2v) is 7.12. The molecule has 1 amide bonds. The van der Waals surface area contributed by atoms with Gasteiger partial charge in [0.25, 0.3) is 5.91 Å². The summed E-state index contributed by atoms with van der Waals surface area (Å²) in [5.74, 6) is 1.67. The Labute approximate surface area is 181 Å². The molecule has 0 fully saturated rings. The molecule has 2 aromatic carbocycles. The van der Waals surface area contributed by atoms with Crippen LogP contribution in [0.25, 0.3) is 11.3 Å². The predicted octanol–water partition coefficient (Wildman–Crippen LogP) is 5.24. The van der Waals surface area contributed by atoms with Crippen LogP contribution in [0.15, 0.2) is 59.0 Å². The maximum Gasteiger partial charge on any atom is 0.291 e. The van der Waals surface area contributed by atoms with Gasteiger partial charge >= 0.3 is 0 Å². The van der Waals surface area contributed by atoms with Crippen molar-refractivity contribution in [2.75, 3.05) is 32.6 Å². The van der Waals surface area contributed by atoms with Crippen molar-refractivity contribution in [2.45, 2.75) is 12.8 Å². The fourth-order valence-corrected chi connectivity index (χ4v) is 2.99. The molecule has 1 heterocycles. The van der Waals surface area contributed by atoms with Gasteiger partial charge in [-0.1, -0.05) is 11.6 Å². The molecule has 7 heteroatoms. The Morgan fingerprint density at radius 3 is 2.53 bits per heavy atom. The van der Waals surface area contributed by atoms with E-state index < -0.39 is 0 Å². The van der Waals surface area contributed by atoms with Crippen molar-refractivity contribution >= 4 is 23.2 Å². The van der Waals surface area contributed by atoms with Crippen molar-refractivity contribution in [1.82, 2.24) is 5.32 Å². The number of carbonyl (C=O) groups excluding carboxylic acids is 1. The van der Waals surface area contributed by atoms with E-state index in [1.165, 1.54) is 0 Å². The number of ether oxygens (including phenoxy) is 2. The minimum Gasteiger partial charge on any atom is -0.497 e. The van der Waals surface area contributed by atoms with Gasteiger partial charge in [-0.15, -0.1) is 0 Å². The van der Waals surface area contributed by atoms with Gasteiger partial charge in [0.15, 0.2) is 5.76 Å². The summed E-state index contributed by atoms with van der Waals surface area (Å²) in [6, 6.07) is 15.9. The number of anilines is 1. The number of furan rings is 1. The van der Waals surface area contributed by atoms with Crippen molar-refractivity contribution in [3.05, 3.63) is 65.4 Å². The summed E-state index contributed by atoms with van der Waals surface area (Å²) in [4.78, 5) is 12.6. The van der Waals surface area contributed by atoms with Crippen LogP contribution < -0.4 is 20.1 Å². The van der Waals surface area contributed by atoms with Gasteiger partial charge in [0.2, 0.25) is 0 Å². The Bertz CT molecular complexity index is 970. The summed E-state index contributed by atoms with van der Waals surface area (Å²) in [6.07, 6.45) is 1.96. The Kier molecular flexibility index (Phi) is 7.76. The lowest BCUT2D eigenvalue weighted by atomic mass is 10.2. The van der Waals surface area contributed by atoms with Crippen molar-refractivity contribution in [1.29, 1.82) is 0 Å². The highest BCUT2D eigenvalue weighted by Crippen LogP contribution is 2.28. The summed E-state index contributed by atoms with van der Waals surface area (Å²) >= 11 is 5.92. The molecule has 0 radical (unpaired) electrons. The Morgan fingerprint density at radius 2 is 1.80 bits per heavy atom. The zero-order chi connectivity index (χ0) is 21.3. The number of methoxy groups -OCH3 is 1. The van der Waals surface area contributed by atoms with Gasteiger partial charge < -0.3 is 24.5 Å². The molecule has 3 rings (SSSR count).